The van der Waals surface area contributed by atoms with Crippen molar-refractivity contribution in [3.05, 3.63) is 102 Å². The van der Waals surface area contributed by atoms with Gasteiger partial charge in [0.1, 0.15) is 18.1 Å². The van der Waals surface area contributed by atoms with Crippen molar-refractivity contribution in [2.24, 2.45) is 5.10 Å². The van der Waals surface area contributed by atoms with Crippen LogP contribution in [-0.2, 0) is 11.4 Å². The summed E-state index contributed by atoms with van der Waals surface area (Å²) in [7, 11) is 0. The molecule has 0 saturated carbocycles. The van der Waals surface area contributed by atoms with E-state index in [0.29, 0.717) is 23.8 Å². The predicted octanol–water partition coefficient (Wildman–Crippen LogP) is 5.26. The van der Waals surface area contributed by atoms with Gasteiger partial charge in [0, 0.05) is 11.4 Å². The molecule has 0 fully saturated rings. The van der Waals surface area contributed by atoms with Crippen LogP contribution in [0.3, 0.4) is 0 Å². The van der Waals surface area contributed by atoms with E-state index in [0.717, 1.165) is 16.3 Å². The van der Waals surface area contributed by atoms with E-state index in [1.165, 1.54) is 6.07 Å². The highest BCUT2D eigenvalue weighted by Gasteiger charge is 2.13. The van der Waals surface area contributed by atoms with Crippen LogP contribution >= 0.6 is 0 Å². The Hall–Kier alpha value is -4.65. The van der Waals surface area contributed by atoms with E-state index in [1.807, 2.05) is 54.6 Å². The third-order valence-corrected chi connectivity index (χ3v) is 5.26. The van der Waals surface area contributed by atoms with Crippen LogP contribution in [0.1, 0.15) is 29.3 Å². The summed E-state index contributed by atoms with van der Waals surface area (Å²) in [4.78, 5) is 24.8. The Kier molecular flexibility index (Phi) is 7.37. The van der Waals surface area contributed by atoms with Gasteiger partial charge in [0.05, 0.1) is 12.0 Å². The number of hydrazone groups is 1. The van der Waals surface area contributed by atoms with Crippen LogP contribution in [-0.4, -0.2) is 22.6 Å². The number of phenols is 1. The molecular formula is C28H25N3O4. The summed E-state index contributed by atoms with van der Waals surface area (Å²) in [5, 5.41) is 18.6. The predicted molar refractivity (Wildman–Crippen MR) is 137 cm³/mol. The second-order valence-electron chi connectivity index (χ2n) is 8.03. The molecule has 176 valence electrons. The fourth-order valence-corrected chi connectivity index (χ4v) is 3.47. The lowest BCUT2D eigenvalue weighted by molar-refractivity contribution is -0.115. The number of rotatable bonds is 8. The normalized spacial score (nSPS) is 11.2. The number of nitrogens with one attached hydrogen (secondary N) is 2. The second kappa shape index (κ2) is 11.0. The molecule has 7 heteroatoms. The van der Waals surface area contributed by atoms with Gasteiger partial charge in [-0.1, -0.05) is 54.6 Å². The largest absolute Gasteiger partial charge is 0.507 e. The molecule has 0 saturated heterocycles. The van der Waals surface area contributed by atoms with E-state index < -0.39 is 5.91 Å². The Labute approximate surface area is 203 Å². The molecule has 0 aromatic heterocycles. The van der Waals surface area contributed by atoms with Crippen LogP contribution in [0.2, 0.25) is 0 Å². The fraction of sp³-hybridized carbons (Fsp3) is 0.107. The average molecular weight is 468 g/mol. The molecular weight excluding hydrogens is 442 g/mol. The first-order valence-corrected chi connectivity index (χ1v) is 11.1. The average Bonchev–Trinajstić information content (AvgIpc) is 2.87. The fourth-order valence-electron chi connectivity index (χ4n) is 3.47. The smallest absolute Gasteiger partial charge is 0.275 e. The molecule has 0 spiro atoms. The van der Waals surface area contributed by atoms with Crippen molar-refractivity contribution in [1.29, 1.82) is 0 Å². The molecule has 3 N–H and O–H groups in total. The van der Waals surface area contributed by atoms with Gasteiger partial charge in [0.25, 0.3) is 5.91 Å². The molecule has 4 aromatic carbocycles. The zero-order valence-corrected chi connectivity index (χ0v) is 19.2. The van der Waals surface area contributed by atoms with Gasteiger partial charge in [-0.15, -0.1) is 0 Å². The highest BCUT2D eigenvalue weighted by molar-refractivity contribution is 6.06. The van der Waals surface area contributed by atoms with Crippen molar-refractivity contribution in [2.45, 2.75) is 20.0 Å². The summed E-state index contributed by atoms with van der Waals surface area (Å²) in [6.07, 6.45) is -0.00373. The molecule has 4 aromatic rings. The van der Waals surface area contributed by atoms with Crippen molar-refractivity contribution >= 4 is 34.0 Å². The van der Waals surface area contributed by atoms with Gasteiger partial charge in [-0.2, -0.15) is 5.10 Å². The first-order chi connectivity index (χ1) is 17.0. The van der Waals surface area contributed by atoms with E-state index in [4.69, 9.17) is 4.74 Å². The third-order valence-electron chi connectivity index (χ3n) is 5.26. The van der Waals surface area contributed by atoms with E-state index in [-0.39, 0.29) is 23.6 Å². The zero-order valence-electron chi connectivity index (χ0n) is 19.2. The van der Waals surface area contributed by atoms with Gasteiger partial charge in [-0.3, -0.25) is 9.59 Å². The van der Waals surface area contributed by atoms with Gasteiger partial charge >= 0.3 is 0 Å². The van der Waals surface area contributed by atoms with Gasteiger partial charge < -0.3 is 15.2 Å². The first kappa shape index (κ1) is 23.5. The van der Waals surface area contributed by atoms with Crippen LogP contribution < -0.4 is 15.5 Å². The molecule has 0 aliphatic carbocycles. The minimum absolute atomic E-state index is 0.00373. The number of nitrogens with zero attached hydrogens (tertiary/aromatic N) is 1. The number of carbonyl (C=O) groups excluding carboxylic acids is 2. The maximum Gasteiger partial charge on any atom is 0.275 e. The van der Waals surface area contributed by atoms with Crippen LogP contribution in [0.4, 0.5) is 5.69 Å². The Morgan fingerprint density at radius 2 is 1.54 bits per heavy atom. The number of amides is 2. The van der Waals surface area contributed by atoms with E-state index in [2.05, 4.69) is 15.8 Å². The van der Waals surface area contributed by atoms with Crippen molar-refractivity contribution in [3.8, 4) is 11.5 Å². The Bertz CT molecular complexity index is 1370. The van der Waals surface area contributed by atoms with E-state index >= 15 is 0 Å². The third kappa shape index (κ3) is 6.45. The van der Waals surface area contributed by atoms with E-state index in [9.17, 15) is 14.7 Å². The van der Waals surface area contributed by atoms with Gasteiger partial charge in [0.2, 0.25) is 5.91 Å². The van der Waals surface area contributed by atoms with Crippen molar-refractivity contribution < 1.29 is 19.4 Å². The highest BCUT2D eigenvalue weighted by Crippen LogP contribution is 2.25. The molecule has 0 aliphatic rings. The molecule has 0 heterocycles. The SMILES string of the molecule is C/C(CC(=O)Nc1ccc(OCc2ccccc2)cc1)=N/NC(=O)c1cc2ccccc2cc1O. The highest BCUT2D eigenvalue weighted by atomic mass is 16.5. The lowest BCUT2D eigenvalue weighted by Gasteiger charge is -2.09. The van der Waals surface area contributed by atoms with Crippen LogP contribution in [0, 0.1) is 0 Å². The standard InChI is InChI=1S/C28H25N3O4/c1-19(30-31-28(34)25-16-21-9-5-6-10-22(21)17-26(25)32)15-27(33)29-23-11-13-24(14-12-23)35-18-20-7-3-2-4-8-20/h2-14,16-17,32H,15,18H2,1H3,(H,29,33)(H,31,34)/b30-19-. The minimum atomic E-state index is -0.556. The molecule has 2 amide bonds. The number of ether oxygens (including phenoxy) is 1. The number of phenolic OH excluding ortho intramolecular Hbond substituents is 1. The van der Waals surface area contributed by atoms with Crippen molar-refractivity contribution in [3.63, 3.8) is 0 Å². The summed E-state index contributed by atoms with van der Waals surface area (Å²) < 4.78 is 5.75. The van der Waals surface area contributed by atoms with Gasteiger partial charge in [0.15, 0.2) is 0 Å². The lowest BCUT2D eigenvalue weighted by atomic mass is 10.1. The number of benzene rings is 4. The van der Waals surface area contributed by atoms with E-state index in [1.54, 1.807) is 37.3 Å². The molecule has 35 heavy (non-hydrogen) atoms. The lowest BCUT2D eigenvalue weighted by Crippen LogP contribution is -2.21. The molecule has 0 unspecified atom stereocenters. The van der Waals surface area contributed by atoms with Crippen molar-refractivity contribution in [1.82, 2.24) is 5.43 Å². The Morgan fingerprint density at radius 1 is 0.886 bits per heavy atom. The maximum atomic E-state index is 12.5. The number of carbonyl (C=O) groups is 2. The molecule has 0 radical (unpaired) electrons. The van der Waals surface area contributed by atoms with Gasteiger partial charge in [-0.05, 0) is 59.7 Å². The topological polar surface area (TPSA) is 100 Å². The molecule has 0 aliphatic heterocycles. The summed E-state index contributed by atoms with van der Waals surface area (Å²) in [5.74, 6) is -0.265. The molecule has 0 bridgehead atoms. The van der Waals surface area contributed by atoms with Crippen LogP contribution in [0.15, 0.2) is 96.1 Å². The first-order valence-electron chi connectivity index (χ1n) is 11.1. The zero-order chi connectivity index (χ0) is 24.6. The quantitative estimate of drug-likeness (QED) is 0.243. The number of fused-ring (bicyclic) bond motifs is 1. The number of hydrogen-bond acceptors (Lipinski definition) is 5. The number of aromatic hydroxyl groups is 1. The Morgan fingerprint density at radius 3 is 2.26 bits per heavy atom. The Balaban J connectivity index is 1.28. The molecule has 7 nitrogen and oxygen atoms in total. The van der Waals surface area contributed by atoms with Crippen molar-refractivity contribution in [2.75, 3.05) is 5.32 Å². The number of anilines is 1. The summed E-state index contributed by atoms with van der Waals surface area (Å²) in [5.41, 5.74) is 4.62. The summed E-state index contributed by atoms with van der Waals surface area (Å²) in [6, 6.07) is 27.5. The summed E-state index contributed by atoms with van der Waals surface area (Å²) >= 11 is 0. The summed E-state index contributed by atoms with van der Waals surface area (Å²) in [6.45, 7) is 2.10. The van der Waals surface area contributed by atoms with Crippen LogP contribution in [0.25, 0.3) is 10.8 Å². The number of hydrogen-bond donors (Lipinski definition) is 3. The monoisotopic (exact) mass is 467 g/mol. The van der Waals surface area contributed by atoms with Gasteiger partial charge in [-0.25, -0.2) is 5.43 Å². The van der Waals surface area contributed by atoms with Crippen LogP contribution in [0.5, 0.6) is 11.5 Å². The molecule has 4 rings (SSSR count). The minimum Gasteiger partial charge on any atom is -0.507 e. The second-order valence-corrected chi connectivity index (χ2v) is 8.03. The maximum absolute atomic E-state index is 12.5. The molecule has 0 atom stereocenters.